The third kappa shape index (κ3) is 5.47. The molecular weight excluding hydrogens is 409 g/mol. The number of benzene rings is 1. The lowest BCUT2D eigenvalue weighted by Gasteiger charge is -2.43. The summed E-state index contributed by atoms with van der Waals surface area (Å²) < 4.78 is 14.1. The van der Waals surface area contributed by atoms with Crippen molar-refractivity contribution in [2.75, 3.05) is 58.9 Å². The molecule has 32 heavy (non-hydrogen) atoms. The molecule has 176 valence electrons. The molecule has 1 aromatic rings. The zero-order valence-electron chi connectivity index (χ0n) is 19.1. The number of likely N-dealkylation sites (N-methyl/N-ethyl adjacent to an activating group) is 1. The highest BCUT2D eigenvalue weighted by Gasteiger charge is 2.35. The number of amides is 2. The van der Waals surface area contributed by atoms with Crippen LogP contribution in [0, 0.1) is 5.82 Å². The molecule has 1 aromatic carbocycles. The smallest absolute Gasteiger partial charge is 0.237 e. The Morgan fingerprint density at radius 2 is 1.78 bits per heavy atom. The van der Waals surface area contributed by atoms with Gasteiger partial charge in [-0.05, 0) is 25.5 Å². The predicted octanol–water partition coefficient (Wildman–Crippen LogP) is 1.14. The molecule has 3 fully saturated rings. The Kier molecular flexibility index (Phi) is 7.75. The monoisotopic (exact) mass is 445 g/mol. The molecule has 3 heterocycles. The van der Waals surface area contributed by atoms with Gasteiger partial charge in [-0.2, -0.15) is 0 Å². The quantitative estimate of drug-likeness (QED) is 0.712. The number of nitrogens with one attached hydrogen (secondary N) is 1. The molecule has 1 atom stereocenters. The average molecular weight is 446 g/mol. The number of piperidine rings is 1. The Bertz CT molecular complexity index is 790. The van der Waals surface area contributed by atoms with Crippen LogP contribution in [0.1, 0.15) is 31.7 Å². The number of halogens is 1. The zero-order valence-corrected chi connectivity index (χ0v) is 19.1. The lowest BCUT2D eigenvalue weighted by Crippen LogP contribution is -2.57. The first-order chi connectivity index (χ1) is 15.5. The molecule has 0 aromatic heterocycles. The average Bonchev–Trinajstić information content (AvgIpc) is 2.83. The summed E-state index contributed by atoms with van der Waals surface area (Å²) in [5.74, 6) is -0.380. The highest BCUT2D eigenvalue weighted by molar-refractivity contribution is 5.88. The Labute approximate surface area is 190 Å². The number of piperazine rings is 2. The number of hydrogen-bond donors (Lipinski definition) is 1. The standard InChI is InChI=1S/C24H36FN5O2/c1-2-27-13-15-28(16-14-27)20-7-10-29(11-8-20)23(31)17-22-24(32)26-9-12-30(22)18-19-5-3-4-6-21(19)25/h3-6,20,22H,2,7-18H2,1H3,(H,26,32)/t22-/m1/s1. The molecule has 3 aliphatic rings. The van der Waals surface area contributed by atoms with E-state index in [-0.39, 0.29) is 24.1 Å². The Hall–Kier alpha value is -2.03. The van der Waals surface area contributed by atoms with Gasteiger partial charge in [0.2, 0.25) is 11.8 Å². The number of rotatable bonds is 6. The fourth-order valence-corrected chi connectivity index (χ4v) is 5.24. The van der Waals surface area contributed by atoms with Crippen molar-refractivity contribution < 1.29 is 14.0 Å². The molecule has 0 unspecified atom stereocenters. The van der Waals surface area contributed by atoms with E-state index in [4.69, 9.17) is 0 Å². The van der Waals surface area contributed by atoms with Crippen molar-refractivity contribution in [3.63, 3.8) is 0 Å². The van der Waals surface area contributed by atoms with Gasteiger partial charge in [0.15, 0.2) is 0 Å². The second kappa shape index (κ2) is 10.7. The van der Waals surface area contributed by atoms with Crippen LogP contribution in [-0.2, 0) is 16.1 Å². The van der Waals surface area contributed by atoms with Gasteiger partial charge in [-0.25, -0.2) is 4.39 Å². The molecule has 0 radical (unpaired) electrons. The first-order valence-electron chi connectivity index (χ1n) is 12.0. The van der Waals surface area contributed by atoms with Crippen LogP contribution in [0.5, 0.6) is 0 Å². The topological polar surface area (TPSA) is 59.1 Å². The first-order valence-corrected chi connectivity index (χ1v) is 12.0. The number of nitrogens with zero attached hydrogens (tertiary/aromatic N) is 4. The van der Waals surface area contributed by atoms with Gasteiger partial charge >= 0.3 is 0 Å². The zero-order chi connectivity index (χ0) is 22.5. The van der Waals surface area contributed by atoms with Gasteiger partial charge < -0.3 is 15.1 Å². The fraction of sp³-hybridized carbons (Fsp3) is 0.667. The summed E-state index contributed by atoms with van der Waals surface area (Å²) in [6.45, 7) is 10.8. The van der Waals surface area contributed by atoms with Crippen molar-refractivity contribution in [2.24, 2.45) is 0 Å². The number of carbonyl (C=O) groups is 2. The van der Waals surface area contributed by atoms with Gasteiger partial charge in [0.25, 0.3) is 0 Å². The number of likely N-dealkylation sites (tertiary alicyclic amines) is 1. The lowest BCUT2D eigenvalue weighted by molar-refractivity contribution is -0.140. The summed E-state index contributed by atoms with van der Waals surface area (Å²) >= 11 is 0. The van der Waals surface area contributed by atoms with Crippen molar-refractivity contribution in [2.45, 2.75) is 44.8 Å². The molecule has 8 heteroatoms. The minimum atomic E-state index is -0.546. The number of carbonyl (C=O) groups excluding carboxylic acids is 2. The Morgan fingerprint density at radius 1 is 1.06 bits per heavy atom. The van der Waals surface area contributed by atoms with E-state index in [9.17, 15) is 14.0 Å². The largest absolute Gasteiger partial charge is 0.353 e. The maximum Gasteiger partial charge on any atom is 0.237 e. The first kappa shape index (κ1) is 23.1. The summed E-state index contributed by atoms with van der Waals surface area (Å²) in [7, 11) is 0. The maximum atomic E-state index is 14.1. The number of hydrogen-bond acceptors (Lipinski definition) is 5. The van der Waals surface area contributed by atoms with Crippen LogP contribution in [0.4, 0.5) is 4.39 Å². The fourth-order valence-electron chi connectivity index (χ4n) is 5.24. The van der Waals surface area contributed by atoms with Crippen molar-refractivity contribution in [1.82, 2.24) is 24.9 Å². The molecule has 4 rings (SSSR count). The normalized spacial score (nSPS) is 24.5. The lowest BCUT2D eigenvalue weighted by atomic mass is 10.0. The van der Waals surface area contributed by atoms with E-state index in [1.54, 1.807) is 18.2 Å². The Morgan fingerprint density at radius 3 is 2.47 bits per heavy atom. The van der Waals surface area contributed by atoms with Crippen LogP contribution >= 0.6 is 0 Å². The van der Waals surface area contributed by atoms with E-state index in [0.29, 0.717) is 31.2 Å². The Balaban J connectivity index is 1.30. The van der Waals surface area contributed by atoms with Gasteiger partial charge in [-0.3, -0.25) is 19.4 Å². The van der Waals surface area contributed by atoms with Crippen LogP contribution in [0.25, 0.3) is 0 Å². The van der Waals surface area contributed by atoms with Crippen molar-refractivity contribution >= 4 is 11.8 Å². The minimum Gasteiger partial charge on any atom is -0.353 e. The SMILES string of the molecule is CCN1CCN(C2CCN(C(=O)C[C@@H]3C(=O)NCCN3Cc3ccccc3F)CC2)CC1. The van der Waals surface area contributed by atoms with Crippen LogP contribution in [0.2, 0.25) is 0 Å². The highest BCUT2D eigenvalue weighted by Crippen LogP contribution is 2.21. The molecule has 0 aliphatic carbocycles. The molecule has 0 bridgehead atoms. The second-order valence-electron chi connectivity index (χ2n) is 9.16. The molecule has 7 nitrogen and oxygen atoms in total. The molecule has 3 saturated heterocycles. The van der Waals surface area contributed by atoms with E-state index in [1.807, 2.05) is 9.80 Å². The van der Waals surface area contributed by atoms with Crippen molar-refractivity contribution in [1.29, 1.82) is 0 Å². The molecule has 2 amide bonds. The van der Waals surface area contributed by atoms with Crippen LogP contribution in [0.15, 0.2) is 24.3 Å². The van der Waals surface area contributed by atoms with Crippen LogP contribution in [-0.4, -0.2) is 102 Å². The van der Waals surface area contributed by atoms with Crippen molar-refractivity contribution in [3.8, 4) is 0 Å². The molecule has 3 aliphatic heterocycles. The molecule has 0 saturated carbocycles. The summed E-state index contributed by atoms with van der Waals surface area (Å²) in [6.07, 6.45) is 2.14. The maximum absolute atomic E-state index is 14.1. The third-order valence-corrected chi connectivity index (χ3v) is 7.33. The van der Waals surface area contributed by atoms with Gasteiger partial charge in [-0.1, -0.05) is 25.1 Å². The molecule has 1 N–H and O–H groups in total. The van der Waals surface area contributed by atoms with Gasteiger partial charge in [-0.15, -0.1) is 0 Å². The van der Waals surface area contributed by atoms with E-state index in [2.05, 4.69) is 22.0 Å². The van der Waals surface area contributed by atoms with Crippen LogP contribution < -0.4 is 5.32 Å². The van der Waals surface area contributed by atoms with Crippen molar-refractivity contribution in [3.05, 3.63) is 35.6 Å². The molecule has 0 spiro atoms. The summed E-state index contributed by atoms with van der Waals surface area (Å²) in [4.78, 5) is 34.6. The molecular formula is C24H36FN5O2. The van der Waals surface area contributed by atoms with E-state index < -0.39 is 6.04 Å². The predicted molar refractivity (Wildman–Crippen MR) is 122 cm³/mol. The third-order valence-electron chi connectivity index (χ3n) is 7.33. The van der Waals surface area contributed by atoms with Crippen LogP contribution in [0.3, 0.4) is 0 Å². The highest BCUT2D eigenvalue weighted by atomic mass is 19.1. The summed E-state index contributed by atoms with van der Waals surface area (Å²) in [5, 5.41) is 2.87. The van der Waals surface area contributed by atoms with Gasteiger partial charge in [0.1, 0.15) is 5.82 Å². The van der Waals surface area contributed by atoms with E-state index in [1.165, 1.54) is 6.07 Å². The second-order valence-corrected chi connectivity index (χ2v) is 9.16. The summed E-state index contributed by atoms with van der Waals surface area (Å²) in [5.41, 5.74) is 0.559. The summed E-state index contributed by atoms with van der Waals surface area (Å²) in [6, 6.07) is 6.65. The van der Waals surface area contributed by atoms with E-state index in [0.717, 1.165) is 58.7 Å². The van der Waals surface area contributed by atoms with Gasteiger partial charge in [0, 0.05) is 70.5 Å². The minimum absolute atomic E-state index is 0.0276. The van der Waals surface area contributed by atoms with E-state index >= 15 is 0 Å². The van der Waals surface area contributed by atoms with Gasteiger partial charge in [0.05, 0.1) is 12.5 Å².